The summed E-state index contributed by atoms with van der Waals surface area (Å²) in [6.07, 6.45) is 0. The standard InChI is InChI=1S/C5H5BrN2O2/c1-10-4-2-3(9)7-5(6)8-4/h2H,1H3,(H,7,8,9). The Kier molecular flexibility index (Phi) is 2.06. The van der Waals surface area contributed by atoms with E-state index in [1.54, 1.807) is 0 Å². The average molecular weight is 205 g/mol. The third-order valence-electron chi connectivity index (χ3n) is 0.898. The molecule has 0 aliphatic heterocycles. The number of nitrogens with one attached hydrogen (secondary N) is 1. The lowest BCUT2D eigenvalue weighted by Gasteiger charge is -1.95. The van der Waals surface area contributed by atoms with E-state index in [1.165, 1.54) is 13.2 Å². The highest BCUT2D eigenvalue weighted by Gasteiger charge is 1.95. The minimum absolute atomic E-state index is 0.237. The zero-order chi connectivity index (χ0) is 7.56. The van der Waals surface area contributed by atoms with Gasteiger partial charge in [0, 0.05) is 0 Å². The molecule has 0 aliphatic carbocycles. The van der Waals surface area contributed by atoms with E-state index in [9.17, 15) is 4.79 Å². The lowest BCUT2D eigenvalue weighted by Crippen LogP contribution is -2.06. The minimum atomic E-state index is -0.237. The van der Waals surface area contributed by atoms with E-state index in [0.29, 0.717) is 10.6 Å². The van der Waals surface area contributed by atoms with Gasteiger partial charge in [0.2, 0.25) is 5.88 Å². The van der Waals surface area contributed by atoms with Crippen LogP contribution in [0, 0.1) is 0 Å². The van der Waals surface area contributed by atoms with Gasteiger partial charge in [0.15, 0.2) is 4.73 Å². The molecule has 5 heteroatoms. The van der Waals surface area contributed by atoms with Crippen LogP contribution < -0.4 is 10.3 Å². The van der Waals surface area contributed by atoms with Crippen molar-refractivity contribution in [1.29, 1.82) is 0 Å². The van der Waals surface area contributed by atoms with Gasteiger partial charge in [0.05, 0.1) is 13.2 Å². The third-order valence-corrected chi connectivity index (χ3v) is 1.27. The molecule has 0 spiro atoms. The van der Waals surface area contributed by atoms with Gasteiger partial charge in [-0.15, -0.1) is 0 Å². The molecule has 0 saturated carbocycles. The molecule has 0 amide bonds. The molecular formula is C5H5BrN2O2. The number of methoxy groups -OCH3 is 1. The average Bonchev–Trinajstić information content (AvgIpc) is 1.85. The van der Waals surface area contributed by atoms with Crippen LogP contribution in [0.25, 0.3) is 0 Å². The topological polar surface area (TPSA) is 55.0 Å². The number of rotatable bonds is 1. The second-order valence-electron chi connectivity index (χ2n) is 1.58. The number of halogens is 1. The number of hydrogen-bond donors (Lipinski definition) is 1. The predicted octanol–water partition coefficient (Wildman–Crippen LogP) is 0.541. The van der Waals surface area contributed by atoms with Crippen molar-refractivity contribution in [3.63, 3.8) is 0 Å². The molecule has 4 nitrogen and oxygen atoms in total. The van der Waals surface area contributed by atoms with Crippen molar-refractivity contribution in [3.05, 3.63) is 21.2 Å². The minimum Gasteiger partial charge on any atom is -0.481 e. The van der Waals surface area contributed by atoms with E-state index >= 15 is 0 Å². The van der Waals surface area contributed by atoms with Crippen LogP contribution in [0.1, 0.15) is 0 Å². The maximum Gasteiger partial charge on any atom is 0.255 e. The van der Waals surface area contributed by atoms with Crippen LogP contribution in [-0.2, 0) is 0 Å². The molecular weight excluding hydrogens is 200 g/mol. The summed E-state index contributed by atoms with van der Waals surface area (Å²) >= 11 is 3.01. The highest BCUT2D eigenvalue weighted by Crippen LogP contribution is 2.04. The second-order valence-corrected chi connectivity index (χ2v) is 2.33. The van der Waals surface area contributed by atoms with Crippen LogP contribution in [-0.4, -0.2) is 17.1 Å². The SMILES string of the molecule is COc1cc(=O)[nH]c(Br)n1. The van der Waals surface area contributed by atoms with Crippen LogP contribution in [0.3, 0.4) is 0 Å². The zero-order valence-corrected chi connectivity index (χ0v) is 6.81. The van der Waals surface area contributed by atoms with Crippen LogP contribution in [0.15, 0.2) is 15.6 Å². The maximum absolute atomic E-state index is 10.7. The Morgan fingerprint density at radius 2 is 2.50 bits per heavy atom. The molecule has 1 N–H and O–H groups in total. The van der Waals surface area contributed by atoms with Gasteiger partial charge in [-0.3, -0.25) is 4.79 Å². The molecule has 1 aromatic heterocycles. The summed E-state index contributed by atoms with van der Waals surface area (Å²) in [5.41, 5.74) is -0.237. The fraction of sp³-hybridized carbons (Fsp3) is 0.200. The summed E-state index contributed by atoms with van der Waals surface area (Å²) in [5, 5.41) is 0. The monoisotopic (exact) mass is 204 g/mol. The van der Waals surface area contributed by atoms with Crippen LogP contribution in [0.4, 0.5) is 0 Å². The molecule has 10 heavy (non-hydrogen) atoms. The van der Waals surface area contributed by atoms with Gasteiger partial charge in [-0.1, -0.05) is 0 Å². The smallest absolute Gasteiger partial charge is 0.255 e. The molecule has 0 aliphatic rings. The molecule has 54 valence electrons. The molecule has 0 unspecified atom stereocenters. The molecule has 0 bridgehead atoms. The molecule has 1 heterocycles. The molecule has 1 rings (SSSR count). The zero-order valence-electron chi connectivity index (χ0n) is 5.22. The van der Waals surface area contributed by atoms with Gasteiger partial charge in [0.1, 0.15) is 0 Å². The number of ether oxygens (including phenoxy) is 1. The van der Waals surface area contributed by atoms with Crippen LogP contribution in [0.2, 0.25) is 0 Å². The summed E-state index contributed by atoms with van der Waals surface area (Å²) < 4.78 is 5.09. The largest absolute Gasteiger partial charge is 0.481 e. The van der Waals surface area contributed by atoms with Gasteiger partial charge < -0.3 is 9.72 Å². The first-order chi connectivity index (χ1) is 4.72. The van der Waals surface area contributed by atoms with E-state index in [0.717, 1.165) is 0 Å². The summed E-state index contributed by atoms with van der Waals surface area (Å²) in [5.74, 6) is 0.302. The predicted molar refractivity (Wildman–Crippen MR) is 39.1 cm³/mol. The van der Waals surface area contributed by atoms with Crippen LogP contribution in [0.5, 0.6) is 5.88 Å². The quantitative estimate of drug-likeness (QED) is 0.680. The number of H-pyrrole nitrogens is 1. The fourth-order valence-electron chi connectivity index (χ4n) is 0.511. The van der Waals surface area contributed by atoms with Crippen molar-refractivity contribution in [3.8, 4) is 5.88 Å². The second kappa shape index (κ2) is 2.83. The van der Waals surface area contributed by atoms with Gasteiger partial charge in [-0.05, 0) is 15.9 Å². The Bertz CT molecular complexity index is 283. The lowest BCUT2D eigenvalue weighted by molar-refractivity contribution is 0.395. The highest BCUT2D eigenvalue weighted by molar-refractivity contribution is 9.10. The number of nitrogens with zero attached hydrogens (tertiary/aromatic N) is 1. The van der Waals surface area contributed by atoms with E-state index in [1.807, 2.05) is 0 Å². The van der Waals surface area contributed by atoms with Gasteiger partial charge in [0.25, 0.3) is 5.56 Å². The van der Waals surface area contributed by atoms with Gasteiger partial charge in [-0.2, -0.15) is 4.98 Å². The molecule has 0 atom stereocenters. The fourth-order valence-corrected chi connectivity index (χ4v) is 0.882. The van der Waals surface area contributed by atoms with E-state index in [4.69, 9.17) is 4.74 Å². The van der Waals surface area contributed by atoms with Crippen molar-refractivity contribution >= 4 is 15.9 Å². The Labute approximate surface area is 65.4 Å². The summed E-state index contributed by atoms with van der Waals surface area (Å²) in [6, 6.07) is 1.27. The van der Waals surface area contributed by atoms with Crippen molar-refractivity contribution in [1.82, 2.24) is 9.97 Å². The maximum atomic E-state index is 10.7. The van der Waals surface area contributed by atoms with E-state index < -0.39 is 0 Å². The Morgan fingerprint density at radius 1 is 1.80 bits per heavy atom. The Hall–Kier alpha value is -0.840. The summed E-state index contributed by atoms with van der Waals surface area (Å²) in [6.45, 7) is 0. The number of aromatic nitrogens is 2. The van der Waals surface area contributed by atoms with Gasteiger partial charge >= 0.3 is 0 Å². The Balaban J connectivity index is 3.19. The van der Waals surface area contributed by atoms with Crippen molar-refractivity contribution in [2.75, 3.05) is 7.11 Å². The first kappa shape index (κ1) is 7.27. The lowest BCUT2D eigenvalue weighted by atomic mass is 10.6. The third kappa shape index (κ3) is 1.57. The number of hydrogen-bond acceptors (Lipinski definition) is 3. The molecule has 1 aromatic rings. The highest BCUT2D eigenvalue weighted by atomic mass is 79.9. The van der Waals surface area contributed by atoms with Crippen molar-refractivity contribution < 1.29 is 4.74 Å². The van der Waals surface area contributed by atoms with Gasteiger partial charge in [-0.25, -0.2) is 0 Å². The van der Waals surface area contributed by atoms with Crippen molar-refractivity contribution in [2.45, 2.75) is 0 Å². The van der Waals surface area contributed by atoms with E-state index in [-0.39, 0.29) is 5.56 Å². The Morgan fingerprint density at radius 3 is 3.00 bits per heavy atom. The normalized spacial score (nSPS) is 9.40. The summed E-state index contributed by atoms with van der Waals surface area (Å²) in [7, 11) is 1.45. The van der Waals surface area contributed by atoms with E-state index in [2.05, 4.69) is 25.9 Å². The molecule has 0 fully saturated rings. The summed E-state index contributed by atoms with van der Waals surface area (Å²) in [4.78, 5) is 16.9. The molecule has 0 radical (unpaired) electrons. The van der Waals surface area contributed by atoms with Crippen LogP contribution >= 0.6 is 15.9 Å². The molecule has 0 aromatic carbocycles. The number of aromatic amines is 1. The first-order valence-electron chi connectivity index (χ1n) is 2.53. The first-order valence-corrected chi connectivity index (χ1v) is 3.32. The molecule has 0 saturated heterocycles. The van der Waals surface area contributed by atoms with Crippen molar-refractivity contribution in [2.24, 2.45) is 0 Å².